The van der Waals surface area contributed by atoms with Gasteiger partial charge >= 0.3 is 0 Å². The molecule has 3 rings (SSSR count). The maximum atomic E-state index is 5.77. The Kier molecular flexibility index (Phi) is 3.82. The molecule has 0 aliphatic carbocycles. The number of rotatable bonds is 3. The molecule has 0 spiro atoms. The summed E-state index contributed by atoms with van der Waals surface area (Å²) in [5.74, 6) is 1.59. The van der Waals surface area contributed by atoms with Gasteiger partial charge in [0.15, 0.2) is 6.29 Å². The van der Waals surface area contributed by atoms with E-state index in [1.54, 1.807) is 0 Å². The molecule has 4 heteroatoms. The third kappa shape index (κ3) is 3.15. The Bertz CT molecular complexity index is 548. The van der Waals surface area contributed by atoms with Crippen LogP contribution < -0.4 is 4.74 Å². The fraction of sp³-hybridized carbons (Fsp3) is 0.200. The van der Waals surface area contributed by atoms with E-state index in [0.717, 1.165) is 21.5 Å². The average molecular weight is 321 g/mol. The molecule has 0 amide bonds. The molecule has 0 saturated carbocycles. The quantitative estimate of drug-likeness (QED) is 0.844. The molecule has 1 fully saturated rings. The van der Waals surface area contributed by atoms with E-state index in [1.165, 1.54) is 0 Å². The van der Waals surface area contributed by atoms with Crippen molar-refractivity contribution in [2.75, 3.05) is 13.2 Å². The fourth-order valence-electron chi connectivity index (χ4n) is 1.91. The molecular formula is C15H13BrO3. The van der Waals surface area contributed by atoms with Crippen LogP contribution in [0.3, 0.4) is 0 Å². The van der Waals surface area contributed by atoms with Gasteiger partial charge in [-0.2, -0.15) is 0 Å². The highest BCUT2D eigenvalue weighted by atomic mass is 79.9. The Balaban J connectivity index is 1.72. The van der Waals surface area contributed by atoms with Gasteiger partial charge in [0, 0.05) is 10.0 Å². The molecule has 98 valence electrons. The standard InChI is InChI=1S/C15H13BrO3/c16-12-2-1-3-14(10-12)19-13-6-4-11(5-7-13)15-17-8-9-18-15/h1-7,10,15H,8-9H2. The molecule has 0 N–H and O–H groups in total. The predicted octanol–water partition coefficient (Wildman–Crippen LogP) is 4.29. The van der Waals surface area contributed by atoms with E-state index in [0.29, 0.717) is 13.2 Å². The topological polar surface area (TPSA) is 27.7 Å². The van der Waals surface area contributed by atoms with E-state index < -0.39 is 0 Å². The van der Waals surface area contributed by atoms with Crippen LogP contribution in [0.25, 0.3) is 0 Å². The van der Waals surface area contributed by atoms with Crippen LogP contribution in [-0.2, 0) is 9.47 Å². The Morgan fingerprint density at radius 2 is 1.68 bits per heavy atom. The predicted molar refractivity (Wildman–Crippen MR) is 75.3 cm³/mol. The number of halogens is 1. The maximum Gasteiger partial charge on any atom is 0.184 e. The average Bonchev–Trinajstić information content (AvgIpc) is 2.94. The Morgan fingerprint density at radius 3 is 2.37 bits per heavy atom. The zero-order valence-corrected chi connectivity index (χ0v) is 11.8. The lowest BCUT2D eigenvalue weighted by molar-refractivity contribution is -0.0441. The molecule has 0 unspecified atom stereocenters. The van der Waals surface area contributed by atoms with E-state index in [9.17, 15) is 0 Å². The SMILES string of the molecule is Brc1cccc(Oc2ccc(C3OCCO3)cc2)c1. The lowest BCUT2D eigenvalue weighted by Crippen LogP contribution is -1.97. The van der Waals surface area contributed by atoms with Gasteiger partial charge in [0.2, 0.25) is 0 Å². The van der Waals surface area contributed by atoms with Crippen LogP contribution in [0.1, 0.15) is 11.9 Å². The van der Waals surface area contributed by atoms with E-state index in [2.05, 4.69) is 15.9 Å². The van der Waals surface area contributed by atoms with E-state index in [1.807, 2.05) is 48.5 Å². The molecule has 0 radical (unpaired) electrons. The lowest BCUT2D eigenvalue weighted by atomic mass is 10.2. The van der Waals surface area contributed by atoms with Gasteiger partial charge in [0.1, 0.15) is 11.5 Å². The van der Waals surface area contributed by atoms with Crippen LogP contribution in [0, 0.1) is 0 Å². The Morgan fingerprint density at radius 1 is 0.947 bits per heavy atom. The second-order valence-corrected chi connectivity index (χ2v) is 5.12. The van der Waals surface area contributed by atoms with Crippen LogP contribution in [0.5, 0.6) is 11.5 Å². The van der Waals surface area contributed by atoms with Gasteiger partial charge in [0.25, 0.3) is 0 Å². The van der Waals surface area contributed by atoms with Crippen molar-refractivity contribution in [1.29, 1.82) is 0 Å². The van der Waals surface area contributed by atoms with Crippen LogP contribution in [0.15, 0.2) is 53.0 Å². The highest BCUT2D eigenvalue weighted by molar-refractivity contribution is 9.10. The summed E-state index contributed by atoms with van der Waals surface area (Å²) in [6.07, 6.45) is -0.236. The van der Waals surface area contributed by atoms with Gasteiger partial charge in [-0.05, 0) is 30.3 Å². The third-order valence-electron chi connectivity index (χ3n) is 2.81. The summed E-state index contributed by atoms with van der Waals surface area (Å²) in [6.45, 7) is 1.31. The summed E-state index contributed by atoms with van der Waals surface area (Å²) in [7, 11) is 0. The molecule has 2 aromatic rings. The zero-order chi connectivity index (χ0) is 13.1. The molecule has 2 aromatic carbocycles. The van der Waals surface area contributed by atoms with Crippen molar-refractivity contribution < 1.29 is 14.2 Å². The van der Waals surface area contributed by atoms with Gasteiger partial charge in [0.05, 0.1) is 13.2 Å². The van der Waals surface area contributed by atoms with E-state index in [4.69, 9.17) is 14.2 Å². The minimum atomic E-state index is -0.236. The second kappa shape index (κ2) is 5.74. The highest BCUT2D eigenvalue weighted by Gasteiger charge is 2.17. The minimum Gasteiger partial charge on any atom is -0.457 e. The van der Waals surface area contributed by atoms with Crippen LogP contribution in [-0.4, -0.2) is 13.2 Å². The van der Waals surface area contributed by atoms with Gasteiger partial charge in [-0.3, -0.25) is 0 Å². The van der Waals surface area contributed by atoms with Crippen molar-refractivity contribution in [1.82, 2.24) is 0 Å². The first-order valence-electron chi connectivity index (χ1n) is 6.08. The van der Waals surface area contributed by atoms with Gasteiger partial charge < -0.3 is 14.2 Å². The van der Waals surface area contributed by atoms with Crippen molar-refractivity contribution in [3.63, 3.8) is 0 Å². The Labute approximate surface area is 120 Å². The highest BCUT2D eigenvalue weighted by Crippen LogP contribution is 2.28. The normalized spacial score (nSPS) is 15.6. The molecule has 0 aromatic heterocycles. The minimum absolute atomic E-state index is 0.236. The number of ether oxygens (including phenoxy) is 3. The number of hydrogen-bond acceptors (Lipinski definition) is 3. The van der Waals surface area contributed by atoms with Crippen LogP contribution in [0.2, 0.25) is 0 Å². The molecule has 0 bridgehead atoms. The summed E-state index contributed by atoms with van der Waals surface area (Å²) < 4.78 is 17.6. The van der Waals surface area contributed by atoms with Gasteiger partial charge in [-0.15, -0.1) is 0 Å². The molecule has 1 heterocycles. The largest absolute Gasteiger partial charge is 0.457 e. The third-order valence-corrected chi connectivity index (χ3v) is 3.30. The molecule has 1 aliphatic rings. The zero-order valence-electron chi connectivity index (χ0n) is 10.2. The first-order chi connectivity index (χ1) is 9.31. The lowest BCUT2D eigenvalue weighted by Gasteiger charge is -2.10. The number of benzene rings is 2. The number of hydrogen-bond donors (Lipinski definition) is 0. The first-order valence-corrected chi connectivity index (χ1v) is 6.87. The molecule has 19 heavy (non-hydrogen) atoms. The van der Waals surface area contributed by atoms with Crippen molar-refractivity contribution in [3.05, 3.63) is 58.6 Å². The Hall–Kier alpha value is -1.36. The van der Waals surface area contributed by atoms with Crippen molar-refractivity contribution in [2.24, 2.45) is 0 Å². The van der Waals surface area contributed by atoms with Gasteiger partial charge in [-0.25, -0.2) is 0 Å². The second-order valence-electron chi connectivity index (χ2n) is 4.20. The van der Waals surface area contributed by atoms with Crippen LogP contribution >= 0.6 is 15.9 Å². The van der Waals surface area contributed by atoms with Crippen LogP contribution in [0.4, 0.5) is 0 Å². The summed E-state index contributed by atoms with van der Waals surface area (Å²) in [5.41, 5.74) is 1.01. The monoisotopic (exact) mass is 320 g/mol. The smallest absolute Gasteiger partial charge is 0.184 e. The molecule has 3 nitrogen and oxygen atoms in total. The summed E-state index contributed by atoms with van der Waals surface area (Å²) in [5, 5.41) is 0. The fourth-order valence-corrected chi connectivity index (χ4v) is 2.29. The summed E-state index contributed by atoms with van der Waals surface area (Å²) in [6, 6.07) is 15.5. The van der Waals surface area contributed by atoms with Gasteiger partial charge in [-0.1, -0.05) is 34.1 Å². The molecule has 1 saturated heterocycles. The van der Waals surface area contributed by atoms with Crippen molar-refractivity contribution in [2.45, 2.75) is 6.29 Å². The molecule has 1 aliphatic heterocycles. The van der Waals surface area contributed by atoms with E-state index >= 15 is 0 Å². The van der Waals surface area contributed by atoms with Crippen molar-refractivity contribution >= 4 is 15.9 Å². The first kappa shape index (κ1) is 12.7. The molecule has 0 atom stereocenters. The maximum absolute atomic E-state index is 5.77. The summed E-state index contributed by atoms with van der Waals surface area (Å²) in [4.78, 5) is 0. The molecular weight excluding hydrogens is 308 g/mol. The summed E-state index contributed by atoms with van der Waals surface area (Å²) >= 11 is 3.42. The van der Waals surface area contributed by atoms with E-state index in [-0.39, 0.29) is 6.29 Å². The van der Waals surface area contributed by atoms with Crippen molar-refractivity contribution in [3.8, 4) is 11.5 Å².